The van der Waals surface area contributed by atoms with Gasteiger partial charge in [0.25, 0.3) is 0 Å². The zero-order valence-electron chi connectivity index (χ0n) is 15.8. The van der Waals surface area contributed by atoms with Gasteiger partial charge in [0.2, 0.25) is 10.0 Å². The molecule has 0 radical (unpaired) electrons. The first-order valence-corrected chi connectivity index (χ1v) is 10.7. The van der Waals surface area contributed by atoms with E-state index in [0.717, 1.165) is 18.4 Å². The Labute approximate surface area is 167 Å². The molecule has 0 bridgehead atoms. The van der Waals surface area contributed by atoms with E-state index in [0.29, 0.717) is 29.5 Å². The first kappa shape index (κ1) is 22.9. The largest absolute Gasteiger partial charge is 0.481 e. The maximum Gasteiger partial charge on any atom is 0.416 e. The van der Waals surface area contributed by atoms with Gasteiger partial charge < -0.3 is 5.11 Å². The van der Waals surface area contributed by atoms with Crippen LogP contribution in [-0.4, -0.2) is 36.6 Å². The third-order valence-corrected chi connectivity index (χ3v) is 5.55. The Kier molecular flexibility index (Phi) is 7.43. The van der Waals surface area contributed by atoms with Gasteiger partial charge in [-0.25, -0.2) is 8.42 Å². The molecule has 29 heavy (non-hydrogen) atoms. The van der Waals surface area contributed by atoms with Crippen LogP contribution in [0.3, 0.4) is 0 Å². The van der Waals surface area contributed by atoms with Crippen molar-refractivity contribution >= 4 is 16.0 Å². The van der Waals surface area contributed by atoms with E-state index >= 15 is 0 Å². The van der Waals surface area contributed by atoms with Crippen LogP contribution in [0.4, 0.5) is 13.2 Å². The predicted octanol–water partition coefficient (Wildman–Crippen LogP) is 3.73. The third-order valence-electron chi connectivity index (χ3n) is 4.30. The first-order chi connectivity index (χ1) is 13.4. The molecule has 0 saturated heterocycles. The van der Waals surface area contributed by atoms with Crippen LogP contribution in [0.5, 0.6) is 0 Å². The molecule has 0 amide bonds. The lowest BCUT2D eigenvalue weighted by molar-refractivity contribution is -0.138. The smallest absolute Gasteiger partial charge is 0.416 e. The molecule has 2 aromatic rings. The van der Waals surface area contributed by atoms with E-state index in [2.05, 4.69) is 0 Å². The molecule has 158 valence electrons. The van der Waals surface area contributed by atoms with Crippen molar-refractivity contribution in [1.82, 2.24) is 4.31 Å². The van der Waals surface area contributed by atoms with Crippen LogP contribution in [0, 0.1) is 0 Å². The molecule has 0 aliphatic rings. The molecular weight excluding hydrogens is 407 g/mol. The minimum atomic E-state index is -4.42. The van der Waals surface area contributed by atoms with Crippen LogP contribution < -0.4 is 0 Å². The van der Waals surface area contributed by atoms with Crippen molar-refractivity contribution in [3.05, 3.63) is 70.8 Å². The van der Waals surface area contributed by atoms with Crippen LogP contribution in [0.1, 0.15) is 28.7 Å². The van der Waals surface area contributed by atoms with Crippen molar-refractivity contribution in [2.24, 2.45) is 0 Å². The van der Waals surface area contributed by atoms with Crippen LogP contribution in [0.15, 0.2) is 48.5 Å². The van der Waals surface area contributed by atoms with Crippen LogP contribution in [-0.2, 0) is 40.4 Å². The molecule has 0 atom stereocenters. The molecule has 0 saturated carbocycles. The predicted molar refractivity (Wildman–Crippen MR) is 103 cm³/mol. The highest BCUT2D eigenvalue weighted by Gasteiger charge is 2.30. The van der Waals surface area contributed by atoms with Crippen molar-refractivity contribution in [1.29, 1.82) is 0 Å². The zero-order chi connectivity index (χ0) is 21.7. The number of carboxylic acids is 1. The van der Waals surface area contributed by atoms with Crippen molar-refractivity contribution < 1.29 is 31.5 Å². The van der Waals surface area contributed by atoms with Gasteiger partial charge in [-0.1, -0.05) is 42.5 Å². The van der Waals surface area contributed by atoms with Gasteiger partial charge in [-0.3, -0.25) is 4.79 Å². The summed E-state index contributed by atoms with van der Waals surface area (Å²) in [5.74, 6) is -0.983. The zero-order valence-corrected chi connectivity index (χ0v) is 16.6. The second kappa shape index (κ2) is 9.41. The van der Waals surface area contributed by atoms with Crippen molar-refractivity contribution in [3.8, 4) is 0 Å². The number of hydrogen-bond acceptors (Lipinski definition) is 3. The van der Waals surface area contributed by atoms with Gasteiger partial charge in [-0.05, 0) is 35.6 Å². The monoisotopic (exact) mass is 429 g/mol. The van der Waals surface area contributed by atoms with Gasteiger partial charge in [0.1, 0.15) is 0 Å². The Morgan fingerprint density at radius 2 is 1.66 bits per heavy atom. The highest BCUT2D eigenvalue weighted by molar-refractivity contribution is 7.88. The Bertz CT molecular complexity index is 958. The highest BCUT2D eigenvalue weighted by Crippen LogP contribution is 2.29. The van der Waals surface area contributed by atoms with Crippen molar-refractivity contribution in [2.75, 3.05) is 12.8 Å². The van der Waals surface area contributed by atoms with Crippen LogP contribution in [0.2, 0.25) is 0 Å². The standard InChI is InChI=1S/C20H22F3NO4S/c1-29(27,28)24(14-17-7-2-6-16(11-17)13-19(25)26)10-4-8-15-5-3-9-18(12-15)20(21,22)23/h2-3,5-7,9,11-12H,4,8,10,13-14H2,1H3,(H,25,26). The number of alkyl halides is 3. The molecule has 0 aromatic heterocycles. The molecule has 0 aliphatic heterocycles. The SMILES string of the molecule is CS(=O)(=O)N(CCCc1cccc(C(F)(F)F)c1)Cc1cccc(CC(=O)O)c1. The maximum absolute atomic E-state index is 12.8. The summed E-state index contributed by atoms with van der Waals surface area (Å²) in [6.45, 7) is 0.202. The summed E-state index contributed by atoms with van der Waals surface area (Å²) in [7, 11) is -3.55. The van der Waals surface area contributed by atoms with E-state index < -0.39 is 27.7 Å². The Morgan fingerprint density at radius 1 is 1.03 bits per heavy atom. The minimum absolute atomic E-state index is 0.0644. The van der Waals surface area contributed by atoms with E-state index in [4.69, 9.17) is 5.11 Å². The molecule has 2 rings (SSSR count). The fourth-order valence-electron chi connectivity index (χ4n) is 2.94. The lowest BCUT2D eigenvalue weighted by Crippen LogP contribution is -2.30. The summed E-state index contributed by atoms with van der Waals surface area (Å²) in [5, 5.41) is 8.89. The van der Waals surface area contributed by atoms with E-state index in [1.165, 1.54) is 10.4 Å². The number of halogens is 3. The van der Waals surface area contributed by atoms with Crippen molar-refractivity contribution in [3.63, 3.8) is 0 Å². The molecule has 0 spiro atoms. The average molecular weight is 429 g/mol. The van der Waals surface area contributed by atoms with E-state index in [-0.39, 0.29) is 19.5 Å². The number of rotatable bonds is 9. The van der Waals surface area contributed by atoms with Crippen LogP contribution >= 0.6 is 0 Å². The number of benzene rings is 2. The molecule has 0 aliphatic carbocycles. The third kappa shape index (κ3) is 7.51. The summed E-state index contributed by atoms with van der Waals surface area (Å²) in [5.41, 5.74) is 0.961. The maximum atomic E-state index is 12.8. The molecule has 0 fully saturated rings. The second-order valence-electron chi connectivity index (χ2n) is 6.79. The number of nitrogens with zero attached hydrogens (tertiary/aromatic N) is 1. The number of carboxylic acid groups (broad SMARTS) is 1. The van der Waals surface area contributed by atoms with Gasteiger partial charge in [0.15, 0.2) is 0 Å². The molecule has 5 nitrogen and oxygen atoms in total. The summed E-state index contributed by atoms with van der Waals surface area (Å²) in [4.78, 5) is 10.8. The second-order valence-corrected chi connectivity index (χ2v) is 8.77. The van der Waals surface area contributed by atoms with Gasteiger partial charge in [-0.15, -0.1) is 0 Å². The van der Waals surface area contributed by atoms with Crippen LogP contribution in [0.25, 0.3) is 0 Å². The lowest BCUT2D eigenvalue weighted by Gasteiger charge is -2.20. The molecule has 2 aromatic carbocycles. The van der Waals surface area contributed by atoms with Crippen molar-refractivity contribution in [2.45, 2.75) is 32.0 Å². The minimum Gasteiger partial charge on any atom is -0.481 e. The first-order valence-electron chi connectivity index (χ1n) is 8.86. The fraction of sp³-hybridized carbons (Fsp3) is 0.350. The quantitative estimate of drug-likeness (QED) is 0.659. The highest BCUT2D eigenvalue weighted by atomic mass is 32.2. The number of carbonyl (C=O) groups is 1. The Hall–Kier alpha value is -2.39. The normalized spacial score (nSPS) is 12.3. The summed E-state index contributed by atoms with van der Waals surface area (Å²) in [6.07, 6.45) is -2.87. The van der Waals surface area contributed by atoms with Gasteiger partial charge in [0, 0.05) is 13.1 Å². The number of aryl methyl sites for hydroxylation is 1. The molecule has 0 heterocycles. The summed E-state index contributed by atoms with van der Waals surface area (Å²) >= 11 is 0. The number of hydrogen-bond donors (Lipinski definition) is 1. The van der Waals surface area contributed by atoms with Gasteiger partial charge in [0.05, 0.1) is 18.2 Å². The topological polar surface area (TPSA) is 74.7 Å². The van der Waals surface area contributed by atoms with E-state index in [1.54, 1.807) is 30.3 Å². The van der Waals surface area contributed by atoms with Gasteiger partial charge in [-0.2, -0.15) is 17.5 Å². The number of sulfonamides is 1. The average Bonchev–Trinajstić information content (AvgIpc) is 2.59. The molecular formula is C20H22F3NO4S. The molecule has 0 unspecified atom stereocenters. The number of aliphatic carboxylic acids is 1. The molecule has 9 heteroatoms. The fourth-order valence-corrected chi connectivity index (χ4v) is 3.79. The van der Waals surface area contributed by atoms with E-state index in [1.807, 2.05) is 0 Å². The van der Waals surface area contributed by atoms with E-state index in [9.17, 15) is 26.4 Å². The Morgan fingerprint density at radius 3 is 2.28 bits per heavy atom. The lowest BCUT2D eigenvalue weighted by atomic mass is 10.1. The summed E-state index contributed by atoms with van der Waals surface area (Å²) < 4.78 is 63.9. The summed E-state index contributed by atoms with van der Waals surface area (Å²) in [6, 6.07) is 11.6. The van der Waals surface area contributed by atoms with Gasteiger partial charge >= 0.3 is 12.1 Å². The molecule has 1 N–H and O–H groups in total. The Balaban J connectivity index is 2.05.